The fraction of sp³-hybridized carbons (Fsp3) is 0.200. The fourth-order valence-corrected chi connectivity index (χ4v) is 1.69. The maximum atomic E-state index is 13.2. The Kier molecular flexibility index (Phi) is 2.89. The molecule has 0 unspecified atom stereocenters. The molecular formula is C10H10ClFN4O. The van der Waals surface area contributed by atoms with Gasteiger partial charge in [-0.2, -0.15) is 0 Å². The van der Waals surface area contributed by atoms with E-state index in [1.807, 2.05) is 0 Å². The lowest BCUT2D eigenvalue weighted by atomic mass is 10.3. The van der Waals surface area contributed by atoms with Crippen molar-refractivity contribution in [1.29, 1.82) is 0 Å². The topological polar surface area (TPSA) is 72.9 Å². The summed E-state index contributed by atoms with van der Waals surface area (Å²) in [6, 6.07) is 2.59. The number of rotatable bonds is 2. The molecule has 0 aliphatic rings. The summed E-state index contributed by atoms with van der Waals surface area (Å²) in [7, 11) is 1.52. The molecule has 0 saturated heterocycles. The maximum Gasteiger partial charge on any atom is 0.239 e. The van der Waals surface area contributed by atoms with Gasteiger partial charge in [0.15, 0.2) is 0 Å². The van der Waals surface area contributed by atoms with E-state index < -0.39 is 5.82 Å². The molecule has 0 aliphatic heterocycles. The van der Waals surface area contributed by atoms with Crippen LogP contribution in [0.1, 0.15) is 0 Å². The molecule has 17 heavy (non-hydrogen) atoms. The predicted molar refractivity (Wildman–Crippen MR) is 63.2 cm³/mol. The number of halogens is 2. The SMILES string of the molecule is CNC(=O)Cn1c(N)nc2cc(F)c(Cl)cc21. The Morgan fingerprint density at radius 2 is 2.35 bits per heavy atom. The van der Waals surface area contributed by atoms with Gasteiger partial charge < -0.3 is 15.6 Å². The van der Waals surface area contributed by atoms with Gasteiger partial charge in [0.1, 0.15) is 12.4 Å². The third-order valence-electron chi connectivity index (χ3n) is 2.40. The van der Waals surface area contributed by atoms with E-state index in [1.54, 1.807) is 0 Å². The second-order valence-electron chi connectivity index (χ2n) is 3.48. The van der Waals surface area contributed by atoms with Gasteiger partial charge >= 0.3 is 0 Å². The number of aromatic nitrogens is 2. The van der Waals surface area contributed by atoms with E-state index in [9.17, 15) is 9.18 Å². The molecule has 0 atom stereocenters. The summed E-state index contributed by atoms with van der Waals surface area (Å²) in [5.74, 6) is -0.648. The average molecular weight is 257 g/mol. The molecule has 2 aromatic rings. The van der Waals surface area contributed by atoms with E-state index >= 15 is 0 Å². The summed E-state index contributed by atoms with van der Waals surface area (Å²) < 4.78 is 14.7. The van der Waals surface area contributed by atoms with E-state index in [4.69, 9.17) is 17.3 Å². The highest BCUT2D eigenvalue weighted by Gasteiger charge is 2.13. The van der Waals surface area contributed by atoms with Gasteiger partial charge in [-0.1, -0.05) is 11.6 Å². The van der Waals surface area contributed by atoms with Crippen LogP contribution in [0.4, 0.5) is 10.3 Å². The van der Waals surface area contributed by atoms with Crippen LogP contribution in [0.3, 0.4) is 0 Å². The number of carbonyl (C=O) groups is 1. The van der Waals surface area contributed by atoms with Crippen LogP contribution in [0.2, 0.25) is 5.02 Å². The Morgan fingerprint density at radius 3 is 3.00 bits per heavy atom. The van der Waals surface area contributed by atoms with Crippen molar-refractivity contribution >= 4 is 34.5 Å². The van der Waals surface area contributed by atoms with E-state index in [0.717, 1.165) is 0 Å². The Labute approximate surface area is 101 Å². The summed E-state index contributed by atoms with van der Waals surface area (Å²) >= 11 is 5.68. The zero-order valence-electron chi connectivity index (χ0n) is 9.00. The molecule has 1 aromatic heterocycles. The number of imidazole rings is 1. The molecule has 1 heterocycles. The van der Waals surface area contributed by atoms with E-state index in [-0.39, 0.29) is 23.4 Å². The normalized spacial score (nSPS) is 10.8. The predicted octanol–water partition coefficient (Wildman–Crippen LogP) is 1.16. The molecule has 0 spiro atoms. The lowest BCUT2D eigenvalue weighted by Gasteiger charge is -2.05. The number of fused-ring (bicyclic) bond motifs is 1. The van der Waals surface area contributed by atoms with Gasteiger partial charge in [0.2, 0.25) is 11.9 Å². The second kappa shape index (κ2) is 4.21. The molecule has 0 bridgehead atoms. The Morgan fingerprint density at radius 1 is 1.65 bits per heavy atom. The van der Waals surface area contributed by atoms with Crippen LogP contribution in [0.25, 0.3) is 11.0 Å². The van der Waals surface area contributed by atoms with Gasteiger partial charge in [-0.15, -0.1) is 0 Å². The second-order valence-corrected chi connectivity index (χ2v) is 3.89. The van der Waals surface area contributed by atoms with Crippen LogP contribution in [-0.2, 0) is 11.3 Å². The highest BCUT2D eigenvalue weighted by molar-refractivity contribution is 6.31. The lowest BCUT2D eigenvalue weighted by Crippen LogP contribution is -2.24. The van der Waals surface area contributed by atoms with Gasteiger partial charge in [0, 0.05) is 13.1 Å². The number of carbonyl (C=O) groups excluding carboxylic acids is 1. The van der Waals surface area contributed by atoms with Crippen LogP contribution in [0, 0.1) is 5.82 Å². The van der Waals surface area contributed by atoms with Gasteiger partial charge in [-0.25, -0.2) is 9.37 Å². The minimum absolute atomic E-state index is 0.0147. The van der Waals surface area contributed by atoms with Gasteiger partial charge in [-0.3, -0.25) is 4.79 Å². The quantitative estimate of drug-likeness (QED) is 0.847. The Balaban J connectivity index is 2.58. The Hall–Kier alpha value is -1.82. The number of likely N-dealkylation sites (N-methyl/N-ethyl adjacent to an activating group) is 1. The summed E-state index contributed by atoms with van der Waals surface area (Å²) in [5, 5.41) is 2.44. The maximum absolute atomic E-state index is 13.2. The monoisotopic (exact) mass is 256 g/mol. The number of hydrogen-bond donors (Lipinski definition) is 2. The summed E-state index contributed by atoms with van der Waals surface area (Å²) in [6.07, 6.45) is 0. The molecule has 0 radical (unpaired) electrons. The lowest BCUT2D eigenvalue weighted by molar-refractivity contribution is -0.121. The average Bonchev–Trinajstić information content (AvgIpc) is 2.56. The van der Waals surface area contributed by atoms with Crippen molar-refractivity contribution in [2.75, 3.05) is 12.8 Å². The molecule has 0 saturated carbocycles. The van der Waals surface area contributed by atoms with Crippen molar-refractivity contribution in [3.8, 4) is 0 Å². The smallest absolute Gasteiger partial charge is 0.239 e. The number of nitrogens with zero attached hydrogens (tertiary/aromatic N) is 2. The number of benzene rings is 1. The molecule has 1 amide bonds. The van der Waals surface area contributed by atoms with Gasteiger partial charge in [-0.05, 0) is 6.07 Å². The van der Waals surface area contributed by atoms with Crippen LogP contribution >= 0.6 is 11.6 Å². The first kappa shape index (κ1) is 11.7. The molecule has 1 aromatic carbocycles. The molecule has 2 rings (SSSR count). The molecule has 0 aliphatic carbocycles. The number of nitrogens with two attached hydrogens (primary N) is 1. The van der Waals surface area contributed by atoms with Crippen molar-refractivity contribution in [3.63, 3.8) is 0 Å². The first-order valence-corrected chi connectivity index (χ1v) is 5.22. The minimum atomic E-state index is -0.566. The fourth-order valence-electron chi connectivity index (χ4n) is 1.53. The van der Waals surface area contributed by atoms with E-state index in [0.29, 0.717) is 11.0 Å². The van der Waals surface area contributed by atoms with Crippen LogP contribution in [0.15, 0.2) is 12.1 Å². The van der Waals surface area contributed by atoms with Crippen LogP contribution < -0.4 is 11.1 Å². The number of amides is 1. The molecule has 3 N–H and O–H groups in total. The van der Waals surface area contributed by atoms with Crippen molar-refractivity contribution < 1.29 is 9.18 Å². The van der Waals surface area contributed by atoms with Crippen molar-refractivity contribution in [1.82, 2.24) is 14.9 Å². The summed E-state index contributed by atoms with van der Waals surface area (Å²) in [6.45, 7) is 0.0147. The highest BCUT2D eigenvalue weighted by atomic mass is 35.5. The number of nitrogen functional groups attached to an aromatic ring is 1. The largest absolute Gasteiger partial charge is 0.369 e. The van der Waals surface area contributed by atoms with E-state index in [2.05, 4.69) is 10.3 Å². The van der Waals surface area contributed by atoms with E-state index in [1.165, 1.54) is 23.7 Å². The molecule has 7 heteroatoms. The summed E-state index contributed by atoms with van der Waals surface area (Å²) in [4.78, 5) is 15.3. The van der Waals surface area contributed by atoms with Gasteiger partial charge in [0.05, 0.1) is 16.1 Å². The third kappa shape index (κ3) is 2.03. The molecule has 5 nitrogen and oxygen atoms in total. The zero-order chi connectivity index (χ0) is 12.6. The number of nitrogens with one attached hydrogen (secondary N) is 1. The van der Waals surface area contributed by atoms with Crippen molar-refractivity contribution in [2.45, 2.75) is 6.54 Å². The minimum Gasteiger partial charge on any atom is -0.369 e. The standard InChI is InChI=1S/C10H10ClFN4O/c1-14-9(17)4-16-8-2-5(11)6(12)3-7(8)15-10(16)13/h2-3H,4H2,1H3,(H2,13,15)(H,14,17). The van der Waals surface area contributed by atoms with Gasteiger partial charge in [0.25, 0.3) is 0 Å². The third-order valence-corrected chi connectivity index (χ3v) is 2.69. The zero-order valence-corrected chi connectivity index (χ0v) is 9.75. The van der Waals surface area contributed by atoms with Crippen molar-refractivity contribution in [2.24, 2.45) is 0 Å². The highest BCUT2D eigenvalue weighted by Crippen LogP contribution is 2.24. The molecule has 90 valence electrons. The summed E-state index contributed by atoms with van der Waals surface area (Å²) in [5.41, 5.74) is 6.56. The number of anilines is 1. The molecule has 0 fully saturated rings. The Bertz CT molecular complexity index is 595. The first-order chi connectivity index (χ1) is 8.02. The van der Waals surface area contributed by atoms with Crippen molar-refractivity contribution in [3.05, 3.63) is 23.0 Å². The van der Waals surface area contributed by atoms with Crippen LogP contribution in [0.5, 0.6) is 0 Å². The molecular weight excluding hydrogens is 247 g/mol. The van der Waals surface area contributed by atoms with Crippen LogP contribution in [-0.4, -0.2) is 22.5 Å². The number of hydrogen-bond acceptors (Lipinski definition) is 3. The first-order valence-electron chi connectivity index (χ1n) is 4.84.